The molecule has 3 heteroatoms. The van der Waals surface area contributed by atoms with Crippen LogP contribution in [0, 0.1) is 0 Å². The highest BCUT2D eigenvalue weighted by molar-refractivity contribution is 7.09. The quantitative estimate of drug-likeness (QED) is 0.668. The van der Waals surface area contributed by atoms with Crippen molar-refractivity contribution in [2.45, 2.75) is 45.6 Å². The van der Waals surface area contributed by atoms with Gasteiger partial charge in [0.1, 0.15) is 0 Å². The van der Waals surface area contributed by atoms with E-state index >= 15 is 0 Å². The van der Waals surface area contributed by atoms with Crippen molar-refractivity contribution in [3.05, 3.63) is 22.4 Å². The zero-order valence-corrected chi connectivity index (χ0v) is 13.1. The van der Waals surface area contributed by atoms with Gasteiger partial charge in [0, 0.05) is 11.4 Å². The standard InChI is InChI=1S/C16H28N2S/c1-2-17(15-16-9-8-14-19-16)10-6-7-13-18-11-4-3-5-12-18/h8-9,14H,2-7,10-13,15H2,1H3. The molecule has 0 aromatic carbocycles. The Morgan fingerprint density at radius 1 is 1.21 bits per heavy atom. The predicted molar refractivity (Wildman–Crippen MR) is 84.8 cm³/mol. The SMILES string of the molecule is CCN(CCCCN1CCCCC1)Cc1cccs1. The maximum Gasteiger partial charge on any atom is 0.0327 e. The molecule has 0 N–H and O–H groups in total. The second-order valence-electron chi connectivity index (χ2n) is 5.56. The second kappa shape index (κ2) is 8.72. The Morgan fingerprint density at radius 3 is 2.74 bits per heavy atom. The van der Waals surface area contributed by atoms with Crippen LogP contribution in [0.4, 0.5) is 0 Å². The van der Waals surface area contributed by atoms with E-state index in [0.717, 1.165) is 6.54 Å². The van der Waals surface area contributed by atoms with Crippen LogP contribution >= 0.6 is 11.3 Å². The maximum atomic E-state index is 2.65. The van der Waals surface area contributed by atoms with Crippen molar-refractivity contribution in [1.29, 1.82) is 0 Å². The van der Waals surface area contributed by atoms with Gasteiger partial charge in [-0.3, -0.25) is 4.90 Å². The van der Waals surface area contributed by atoms with Crippen LogP contribution in [0.15, 0.2) is 17.5 Å². The normalized spacial score (nSPS) is 17.2. The Labute approximate surface area is 122 Å². The highest BCUT2D eigenvalue weighted by Crippen LogP contribution is 2.13. The van der Waals surface area contributed by atoms with Crippen LogP contribution in [-0.2, 0) is 6.54 Å². The fourth-order valence-corrected chi connectivity index (χ4v) is 3.57. The van der Waals surface area contributed by atoms with E-state index in [1.807, 2.05) is 11.3 Å². The van der Waals surface area contributed by atoms with Gasteiger partial charge in [0.15, 0.2) is 0 Å². The monoisotopic (exact) mass is 280 g/mol. The Morgan fingerprint density at radius 2 is 2.05 bits per heavy atom. The van der Waals surface area contributed by atoms with Crippen molar-refractivity contribution >= 4 is 11.3 Å². The molecule has 0 saturated carbocycles. The van der Waals surface area contributed by atoms with Crippen molar-refractivity contribution < 1.29 is 0 Å². The first-order valence-electron chi connectivity index (χ1n) is 7.85. The molecule has 1 saturated heterocycles. The summed E-state index contributed by atoms with van der Waals surface area (Å²) in [6, 6.07) is 4.41. The van der Waals surface area contributed by atoms with Crippen molar-refractivity contribution in [3.8, 4) is 0 Å². The molecule has 1 aliphatic heterocycles. The molecule has 0 atom stereocenters. The van der Waals surface area contributed by atoms with Gasteiger partial charge in [0.25, 0.3) is 0 Å². The maximum absolute atomic E-state index is 2.65. The van der Waals surface area contributed by atoms with Crippen LogP contribution in [-0.4, -0.2) is 42.5 Å². The van der Waals surface area contributed by atoms with E-state index in [1.165, 1.54) is 69.7 Å². The molecule has 0 aliphatic carbocycles. The van der Waals surface area contributed by atoms with Gasteiger partial charge < -0.3 is 4.90 Å². The number of unbranched alkanes of at least 4 members (excludes halogenated alkanes) is 1. The largest absolute Gasteiger partial charge is 0.303 e. The van der Waals surface area contributed by atoms with Gasteiger partial charge >= 0.3 is 0 Å². The van der Waals surface area contributed by atoms with Crippen LogP contribution < -0.4 is 0 Å². The third-order valence-electron chi connectivity index (χ3n) is 4.05. The first-order valence-corrected chi connectivity index (χ1v) is 8.73. The molecule has 108 valence electrons. The average Bonchev–Trinajstić information content (AvgIpc) is 2.96. The van der Waals surface area contributed by atoms with Gasteiger partial charge in [0.2, 0.25) is 0 Å². The summed E-state index contributed by atoms with van der Waals surface area (Å²) in [7, 11) is 0. The lowest BCUT2D eigenvalue weighted by atomic mass is 10.1. The van der Waals surface area contributed by atoms with Crippen molar-refractivity contribution in [2.24, 2.45) is 0 Å². The van der Waals surface area contributed by atoms with Gasteiger partial charge in [-0.05, 0) is 69.9 Å². The molecule has 1 aliphatic rings. The molecule has 19 heavy (non-hydrogen) atoms. The molecule has 0 spiro atoms. The highest BCUT2D eigenvalue weighted by Gasteiger charge is 2.09. The van der Waals surface area contributed by atoms with E-state index in [-0.39, 0.29) is 0 Å². The summed E-state index contributed by atoms with van der Waals surface area (Å²) in [6.07, 6.45) is 6.98. The second-order valence-corrected chi connectivity index (χ2v) is 6.59. The molecule has 0 amide bonds. The molecular formula is C16H28N2S. The van der Waals surface area contributed by atoms with Crippen molar-refractivity contribution in [3.63, 3.8) is 0 Å². The number of likely N-dealkylation sites (tertiary alicyclic amines) is 1. The molecule has 0 radical (unpaired) electrons. The lowest BCUT2D eigenvalue weighted by molar-refractivity contribution is 0.214. The average molecular weight is 280 g/mol. The van der Waals surface area contributed by atoms with Gasteiger partial charge in [-0.25, -0.2) is 0 Å². The van der Waals surface area contributed by atoms with Crippen LogP contribution in [0.2, 0.25) is 0 Å². The number of hydrogen-bond acceptors (Lipinski definition) is 3. The van der Waals surface area contributed by atoms with Gasteiger partial charge in [0.05, 0.1) is 0 Å². The fourth-order valence-electron chi connectivity index (χ4n) is 2.83. The predicted octanol–water partition coefficient (Wildman–Crippen LogP) is 3.84. The molecule has 1 aromatic rings. The number of hydrogen-bond donors (Lipinski definition) is 0. The Hall–Kier alpha value is -0.380. The number of nitrogens with zero attached hydrogens (tertiary/aromatic N) is 2. The van der Waals surface area contributed by atoms with Gasteiger partial charge in [-0.2, -0.15) is 0 Å². The van der Waals surface area contributed by atoms with E-state index < -0.39 is 0 Å². The van der Waals surface area contributed by atoms with E-state index in [2.05, 4.69) is 34.2 Å². The molecule has 1 aromatic heterocycles. The molecule has 2 rings (SSSR count). The molecular weight excluding hydrogens is 252 g/mol. The van der Waals surface area contributed by atoms with Crippen LogP contribution in [0.1, 0.15) is 43.9 Å². The fraction of sp³-hybridized carbons (Fsp3) is 0.750. The molecule has 2 nitrogen and oxygen atoms in total. The zero-order chi connectivity index (χ0) is 13.3. The Balaban J connectivity index is 1.57. The summed E-state index contributed by atoms with van der Waals surface area (Å²) in [6.45, 7) is 9.83. The van der Waals surface area contributed by atoms with Crippen LogP contribution in [0.25, 0.3) is 0 Å². The number of rotatable bonds is 8. The molecule has 0 bridgehead atoms. The third-order valence-corrected chi connectivity index (χ3v) is 4.92. The van der Waals surface area contributed by atoms with E-state index in [1.54, 1.807) is 0 Å². The van der Waals surface area contributed by atoms with Crippen molar-refractivity contribution in [1.82, 2.24) is 9.80 Å². The minimum Gasteiger partial charge on any atom is -0.303 e. The number of piperidine rings is 1. The Kier molecular flexibility index (Phi) is 6.90. The lowest BCUT2D eigenvalue weighted by Crippen LogP contribution is -2.31. The van der Waals surface area contributed by atoms with Crippen molar-refractivity contribution in [2.75, 3.05) is 32.7 Å². The lowest BCUT2D eigenvalue weighted by Gasteiger charge is -2.27. The Bertz CT molecular complexity index is 317. The zero-order valence-electron chi connectivity index (χ0n) is 12.3. The summed E-state index contributed by atoms with van der Waals surface area (Å²) < 4.78 is 0. The molecule has 2 heterocycles. The molecule has 1 fully saturated rings. The number of thiophene rings is 1. The molecule has 0 unspecified atom stereocenters. The highest BCUT2D eigenvalue weighted by atomic mass is 32.1. The minimum absolute atomic E-state index is 1.14. The van der Waals surface area contributed by atoms with E-state index in [0.29, 0.717) is 0 Å². The van der Waals surface area contributed by atoms with Gasteiger partial charge in [-0.1, -0.05) is 19.4 Å². The summed E-state index contributed by atoms with van der Waals surface area (Å²) in [5, 5.41) is 2.18. The van der Waals surface area contributed by atoms with Crippen LogP contribution in [0.3, 0.4) is 0 Å². The smallest absolute Gasteiger partial charge is 0.0327 e. The first-order chi connectivity index (χ1) is 9.38. The topological polar surface area (TPSA) is 6.48 Å². The van der Waals surface area contributed by atoms with Gasteiger partial charge in [-0.15, -0.1) is 11.3 Å². The summed E-state index contributed by atoms with van der Waals surface area (Å²) in [5.41, 5.74) is 0. The third kappa shape index (κ3) is 5.64. The van der Waals surface area contributed by atoms with E-state index in [9.17, 15) is 0 Å². The summed E-state index contributed by atoms with van der Waals surface area (Å²) >= 11 is 1.88. The summed E-state index contributed by atoms with van der Waals surface area (Å²) in [5.74, 6) is 0. The van der Waals surface area contributed by atoms with E-state index in [4.69, 9.17) is 0 Å². The first kappa shape index (κ1) is 15.0. The summed E-state index contributed by atoms with van der Waals surface area (Å²) in [4.78, 5) is 6.72. The minimum atomic E-state index is 1.14. The van der Waals surface area contributed by atoms with Crippen LogP contribution in [0.5, 0.6) is 0 Å².